The Hall–Kier alpha value is -1.88. The molecule has 5 nitrogen and oxygen atoms in total. The zero-order valence-electron chi connectivity index (χ0n) is 11.1. The Morgan fingerprint density at radius 3 is 2.11 bits per heavy atom. The summed E-state index contributed by atoms with van der Waals surface area (Å²) in [6, 6.07) is 6.25. The molecule has 1 aromatic rings. The van der Waals surface area contributed by atoms with Crippen LogP contribution in [0.4, 0.5) is 0 Å². The summed E-state index contributed by atoms with van der Waals surface area (Å²) in [5.74, 6) is -1.75. The third kappa shape index (κ3) is 4.37. The van der Waals surface area contributed by atoms with E-state index in [0.717, 1.165) is 12.0 Å². The number of carbonyl (C=O) groups is 2. The van der Waals surface area contributed by atoms with Crippen LogP contribution in [0.25, 0.3) is 0 Å². The van der Waals surface area contributed by atoms with E-state index in [1.54, 1.807) is 12.1 Å². The van der Waals surface area contributed by atoms with Gasteiger partial charge in [-0.25, -0.2) is 0 Å². The summed E-state index contributed by atoms with van der Waals surface area (Å²) in [5.41, 5.74) is 1.70. The van der Waals surface area contributed by atoms with Gasteiger partial charge in [-0.1, -0.05) is 38.1 Å². The monoisotopic (exact) mass is 265 g/mol. The topological polar surface area (TPSA) is 86.6 Å². The van der Waals surface area contributed by atoms with Crippen molar-refractivity contribution in [1.82, 2.24) is 5.32 Å². The smallest absolute Gasteiger partial charge is 0.325 e. The highest BCUT2D eigenvalue weighted by Gasteiger charge is 2.20. The third-order valence-corrected chi connectivity index (χ3v) is 3.16. The Bertz CT molecular complexity index is 441. The second-order valence-electron chi connectivity index (χ2n) is 4.52. The second kappa shape index (κ2) is 6.89. The lowest BCUT2D eigenvalue weighted by molar-refractivity contribution is -0.140. The highest BCUT2D eigenvalue weighted by atomic mass is 16.4. The fourth-order valence-electron chi connectivity index (χ4n) is 1.79. The van der Waals surface area contributed by atoms with Crippen molar-refractivity contribution in [3.05, 3.63) is 35.4 Å². The Balaban J connectivity index is 2.85. The first-order valence-electron chi connectivity index (χ1n) is 6.23. The molecule has 0 heterocycles. The molecule has 1 rings (SSSR count). The van der Waals surface area contributed by atoms with Crippen molar-refractivity contribution in [3.63, 3.8) is 0 Å². The molecule has 0 amide bonds. The number of hydrogen-bond acceptors (Lipinski definition) is 3. The van der Waals surface area contributed by atoms with Gasteiger partial charge in [0.2, 0.25) is 0 Å². The van der Waals surface area contributed by atoms with E-state index < -0.39 is 18.0 Å². The fraction of sp³-hybridized carbons (Fsp3) is 0.429. The minimum Gasteiger partial charge on any atom is -0.480 e. The van der Waals surface area contributed by atoms with Gasteiger partial charge in [-0.3, -0.25) is 14.9 Å². The van der Waals surface area contributed by atoms with Crippen LogP contribution in [-0.4, -0.2) is 28.7 Å². The summed E-state index contributed by atoms with van der Waals surface area (Å²) in [6.07, 6.45) is 1.01. The molecule has 5 heteroatoms. The van der Waals surface area contributed by atoms with E-state index in [4.69, 9.17) is 10.2 Å². The molecule has 19 heavy (non-hydrogen) atoms. The predicted octanol–water partition coefficient (Wildman–Crippen LogP) is 2.00. The summed E-state index contributed by atoms with van der Waals surface area (Å²) in [5, 5.41) is 20.2. The van der Waals surface area contributed by atoms with Gasteiger partial charge in [0, 0.05) is 0 Å². The first-order chi connectivity index (χ1) is 8.95. The first-order valence-corrected chi connectivity index (χ1v) is 6.23. The number of benzene rings is 1. The van der Waals surface area contributed by atoms with E-state index >= 15 is 0 Å². The standard InChI is InChI=1S/C14H19NO4/c1-3-9(2)10-4-6-11(7-5-10)13(14(18)19)15-8-12(16)17/h4-7,9,13,15H,3,8H2,1-2H3,(H,16,17)(H,18,19). The largest absolute Gasteiger partial charge is 0.480 e. The van der Waals surface area contributed by atoms with E-state index in [-0.39, 0.29) is 6.54 Å². The number of aliphatic carboxylic acids is 2. The minimum absolute atomic E-state index is 0.385. The van der Waals surface area contributed by atoms with Crippen molar-refractivity contribution >= 4 is 11.9 Å². The van der Waals surface area contributed by atoms with E-state index in [1.165, 1.54) is 0 Å². The van der Waals surface area contributed by atoms with Crippen molar-refractivity contribution < 1.29 is 19.8 Å². The van der Waals surface area contributed by atoms with Gasteiger partial charge in [-0.05, 0) is 23.5 Å². The van der Waals surface area contributed by atoms with Crippen molar-refractivity contribution in [3.8, 4) is 0 Å². The summed E-state index contributed by atoms with van der Waals surface area (Å²) in [7, 11) is 0. The van der Waals surface area contributed by atoms with E-state index in [9.17, 15) is 9.59 Å². The average molecular weight is 265 g/mol. The van der Waals surface area contributed by atoms with E-state index in [1.807, 2.05) is 12.1 Å². The Morgan fingerprint density at radius 2 is 1.68 bits per heavy atom. The number of carboxylic acid groups (broad SMARTS) is 2. The molecule has 2 atom stereocenters. The molecule has 0 saturated carbocycles. The molecule has 3 N–H and O–H groups in total. The van der Waals surface area contributed by atoms with Gasteiger partial charge in [0.25, 0.3) is 0 Å². The molecule has 0 bridgehead atoms. The molecule has 0 aliphatic carbocycles. The van der Waals surface area contributed by atoms with Crippen LogP contribution in [0.1, 0.15) is 43.4 Å². The Labute approximate surface area is 112 Å². The second-order valence-corrected chi connectivity index (χ2v) is 4.52. The molecule has 0 saturated heterocycles. The lowest BCUT2D eigenvalue weighted by Gasteiger charge is -2.15. The molecule has 0 fully saturated rings. The van der Waals surface area contributed by atoms with Crippen molar-refractivity contribution in [1.29, 1.82) is 0 Å². The molecule has 0 aliphatic heterocycles. The Kier molecular flexibility index (Phi) is 5.51. The molecule has 1 aromatic carbocycles. The lowest BCUT2D eigenvalue weighted by Crippen LogP contribution is -2.32. The van der Waals surface area contributed by atoms with Crippen LogP contribution in [-0.2, 0) is 9.59 Å². The van der Waals surface area contributed by atoms with Crippen LogP contribution < -0.4 is 5.32 Å². The van der Waals surface area contributed by atoms with Gasteiger partial charge in [-0.15, -0.1) is 0 Å². The van der Waals surface area contributed by atoms with Crippen molar-refractivity contribution in [2.45, 2.75) is 32.2 Å². The lowest BCUT2D eigenvalue weighted by atomic mass is 9.96. The van der Waals surface area contributed by atoms with Crippen LogP contribution in [0.15, 0.2) is 24.3 Å². The van der Waals surface area contributed by atoms with Gasteiger partial charge in [0.05, 0.1) is 6.54 Å². The van der Waals surface area contributed by atoms with E-state index in [2.05, 4.69) is 19.2 Å². The Morgan fingerprint density at radius 1 is 1.16 bits per heavy atom. The molecule has 0 spiro atoms. The van der Waals surface area contributed by atoms with Crippen LogP contribution in [0, 0.1) is 0 Å². The summed E-state index contributed by atoms with van der Waals surface area (Å²) in [6.45, 7) is 3.81. The number of carboxylic acids is 2. The minimum atomic E-state index is -1.09. The number of hydrogen-bond donors (Lipinski definition) is 3. The van der Waals surface area contributed by atoms with Gasteiger partial charge in [0.1, 0.15) is 6.04 Å². The number of rotatable bonds is 7. The molecular weight excluding hydrogens is 246 g/mol. The highest BCUT2D eigenvalue weighted by Crippen LogP contribution is 2.21. The zero-order chi connectivity index (χ0) is 14.4. The highest BCUT2D eigenvalue weighted by molar-refractivity contribution is 5.77. The predicted molar refractivity (Wildman–Crippen MR) is 71.2 cm³/mol. The maximum absolute atomic E-state index is 11.1. The SMILES string of the molecule is CCC(C)c1ccc(C(NCC(=O)O)C(=O)O)cc1. The molecular formula is C14H19NO4. The summed E-state index contributed by atoms with van der Waals surface area (Å²) in [4.78, 5) is 21.6. The van der Waals surface area contributed by atoms with Crippen LogP contribution in [0.5, 0.6) is 0 Å². The van der Waals surface area contributed by atoms with Gasteiger partial charge in [0.15, 0.2) is 0 Å². The normalized spacial score (nSPS) is 13.8. The van der Waals surface area contributed by atoms with E-state index in [0.29, 0.717) is 11.5 Å². The summed E-state index contributed by atoms with van der Waals surface area (Å²) < 4.78 is 0. The molecule has 0 aliphatic rings. The van der Waals surface area contributed by atoms with Gasteiger partial charge < -0.3 is 10.2 Å². The average Bonchev–Trinajstić information content (AvgIpc) is 2.38. The van der Waals surface area contributed by atoms with Crippen LogP contribution in [0.3, 0.4) is 0 Å². The maximum atomic E-state index is 11.1. The molecule has 0 radical (unpaired) electrons. The van der Waals surface area contributed by atoms with Crippen LogP contribution >= 0.6 is 0 Å². The molecule has 2 unspecified atom stereocenters. The van der Waals surface area contributed by atoms with Gasteiger partial charge >= 0.3 is 11.9 Å². The third-order valence-electron chi connectivity index (χ3n) is 3.16. The van der Waals surface area contributed by atoms with Crippen molar-refractivity contribution in [2.24, 2.45) is 0 Å². The molecule has 0 aromatic heterocycles. The molecule has 104 valence electrons. The fourth-order valence-corrected chi connectivity index (χ4v) is 1.79. The zero-order valence-corrected chi connectivity index (χ0v) is 11.1. The van der Waals surface area contributed by atoms with Crippen molar-refractivity contribution in [2.75, 3.05) is 6.54 Å². The first kappa shape index (κ1) is 15.2. The maximum Gasteiger partial charge on any atom is 0.325 e. The summed E-state index contributed by atoms with van der Waals surface area (Å²) >= 11 is 0. The quantitative estimate of drug-likeness (QED) is 0.702. The van der Waals surface area contributed by atoms with Crippen LogP contribution in [0.2, 0.25) is 0 Å². The number of nitrogens with one attached hydrogen (secondary N) is 1. The van der Waals surface area contributed by atoms with Gasteiger partial charge in [-0.2, -0.15) is 0 Å².